The molecule has 0 aliphatic carbocycles. The fourth-order valence-electron chi connectivity index (χ4n) is 2.65. The molecule has 2 aromatic carbocycles. The Morgan fingerprint density at radius 2 is 2.04 bits per heavy atom. The van der Waals surface area contributed by atoms with Crippen LogP contribution >= 0.6 is 27.3 Å². The van der Waals surface area contributed by atoms with E-state index in [1.807, 2.05) is 43.3 Å². The Labute approximate surface area is 165 Å². The number of anilines is 1. The molecule has 1 aromatic heterocycles. The number of fused-ring (bicyclic) bond motifs is 1. The molecule has 0 aliphatic heterocycles. The SMILES string of the molecule is Cc1cccc2sc(NC(=O)COc3ccc(Br)cc3C(C)(C)C)nc12. The summed E-state index contributed by atoms with van der Waals surface area (Å²) in [6.45, 7) is 8.30. The van der Waals surface area contributed by atoms with Gasteiger partial charge in [0.05, 0.1) is 10.2 Å². The smallest absolute Gasteiger partial charge is 0.264 e. The van der Waals surface area contributed by atoms with Crippen LogP contribution in [0.3, 0.4) is 0 Å². The summed E-state index contributed by atoms with van der Waals surface area (Å²) >= 11 is 4.96. The van der Waals surface area contributed by atoms with E-state index in [1.54, 1.807) is 0 Å². The molecule has 0 aliphatic rings. The van der Waals surface area contributed by atoms with E-state index in [9.17, 15) is 4.79 Å². The lowest BCUT2D eigenvalue weighted by atomic mass is 9.86. The highest BCUT2D eigenvalue weighted by atomic mass is 79.9. The Morgan fingerprint density at radius 3 is 2.73 bits per heavy atom. The van der Waals surface area contributed by atoms with Gasteiger partial charge in [-0.25, -0.2) is 4.98 Å². The Balaban J connectivity index is 1.70. The Morgan fingerprint density at radius 1 is 1.27 bits per heavy atom. The number of nitrogens with zero attached hydrogens (tertiary/aromatic N) is 1. The molecule has 26 heavy (non-hydrogen) atoms. The minimum Gasteiger partial charge on any atom is -0.483 e. The number of thiazole rings is 1. The molecule has 3 rings (SSSR count). The van der Waals surface area contributed by atoms with Crippen LogP contribution in [-0.4, -0.2) is 17.5 Å². The maximum Gasteiger partial charge on any atom is 0.264 e. The topological polar surface area (TPSA) is 51.2 Å². The van der Waals surface area contributed by atoms with Gasteiger partial charge in [0, 0.05) is 10.0 Å². The molecule has 0 saturated carbocycles. The first kappa shape index (κ1) is 18.9. The van der Waals surface area contributed by atoms with Crippen molar-refractivity contribution in [3.05, 3.63) is 52.0 Å². The lowest BCUT2D eigenvalue weighted by Gasteiger charge is -2.23. The number of carbonyl (C=O) groups excluding carboxylic acids is 1. The van der Waals surface area contributed by atoms with Gasteiger partial charge in [-0.2, -0.15) is 0 Å². The van der Waals surface area contributed by atoms with Crippen molar-refractivity contribution in [2.75, 3.05) is 11.9 Å². The van der Waals surface area contributed by atoms with Gasteiger partial charge in [-0.15, -0.1) is 0 Å². The van der Waals surface area contributed by atoms with E-state index >= 15 is 0 Å². The van der Waals surface area contributed by atoms with Crippen molar-refractivity contribution < 1.29 is 9.53 Å². The monoisotopic (exact) mass is 432 g/mol. The summed E-state index contributed by atoms with van der Waals surface area (Å²) in [5.74, 6) is 0.500. The standard InChI is InChI=1S/C20H21BrN2O2S/c1-12-6-5-7-16-18(12)23-19(26-16)22-17(24)11-25-15-9-8-13(21)10-14(15)20(2,3)4/h5-10H,11H2,1-4H3,(H,22,23,24). The molecule has 1 heterocycles. The number of carbonyl (C=O) groups is 1. The maximum atomic E-state index is 12.3. The first-order chi connectivity index (χ1) is 12.2. The van der Waals surface area contributed by atoms with Crippen LogP contribution in [0.1, 0.15) is 31.9 Å². The Bertz CT molecular complexity index is 960. The number of hydrogen-bond donors (Lipinski definition) is 1. The molecular weight excluding hydrogens is 412 g/mol. The second-order valence-electron chi connectivity index (χ2n) is 7.17. The molecule has 3 aromatic rings. The number of aromatic nitrogens is 1. The average molecular weight is 433 g/mol. The fraction of sp³-hybridized carbons (Fsp3) is 0.300. The van der Waals surface area contributed by atoms with Crippen molar-refractivity contribution in [1.29, 1.82) is 0 Å². The summed E-state index contributed by atoms with van der Waals surface area (Å²) in [5, 5.41) is 3.42. The predicted octanol–water partition coefficient (Wildman–Crippen LogP) is 5.68. The summed E-state index contributed by atoms with van der Waals surface area (Å²) in [6.07, 6.45) is 0. The van der Waals surface area contributed by atoms with E-state index in [2.05, 4.69) is 47.0 Å². The number of para-hydroxylation sites is 1. The van der Waals surface area contributed by atoms with Gasteiger partial charge in [-0.3, -0.25) is 10.1 Å². The van der Waals surface area contributed by atoms with Crippen LogP contribution in [0.2, 0.25) is 0 Å². The van der Waals surface area contributed by atoms with E-state index in [4.69, 9.17) is 4.74 Å². The predicted molar refractivity (Wildman–Crippen MR) is 111 cm³/mol. The fourth-order valence-corrected chi connectivity index (χ4v) is 3.97. The normalized spacial score (nSPS) is 11.6. The number of benzene rings is 2. The highest BCUT2D eigenvalue weighted by molar-refractivity contribution is 9.10. The van der Waals surface area contributed by atoms with Crippen LogP contribution in [0.15, 0.2) is 40.9 Å². The Kier molecular flexibility index (Phi) is 5.34. The summed E-state index contributed by atoms with van der Waals surface area (Å²) in [6, 6.07) is 11.8. The first-order valence-corrected chi connectivity index (χ1v) is 9.94. The third-order valence-electron chi connectivity index (χ3n) is 3.98. The van der Waals surface area contributed by atoms with Gasteiger partial charge >= 0.3 is 0 Å². The van der Waals surface area contributed by atoms with E-state index in [1.165, 1.54) is 11.3 Å². The number of hydrogen-bond acceptors (Lipinski definition) is 4. The molecule has 0 unspecified atom stereocenters. The molecule has 0 fully saturated rings. The molecule has 4 nitrogen and oxygen atoms in total. The van der Waals surface area contributed by atoms with Crippen LogP contribution < -0.4 is 10.1 Å². The summed E-state index contributed by atoms with van der Waals surface area (Å²) in [4.78, 5) is 16.8. The summed E-state index contributed by atoms with van der Waals surface area (Å²) in [7, 11) is 0. The maximum absolute atomic E-state index is 12.3. The number of rotatable bonds is 4. The molecule has 0 bridgehead atoms. The number of halogens is 1. The van der Waals surface area contributed by atoms with Crippen molar-refractivity contribution in [3.63, 3.8) is 0 Å². The van der Waals surface area contributed by atoms with Gasteiger partial charge in [0.2, 0.25) is 0 Å². The molecule has 0 atom stereocenters. The van der Waals surface area contributed by atoms with Crippen LogP contribution in [0, 0.1) is 6.92 Å². The van der Waals surface area contributed by atoms with Crippen LogP contribution in [0.5, 0.6) is 5.75 Å². The molecule has 1 amide bonds. The third kappa shape index (κ3) is 4.24. The molecule has 6 heteroatoms. The lowest BCUT2D eigenvalue weighted by molar-refractivity contribution is -0.118. The van der Waals surface area contributed by atoms with Crippen LogP contribution in [0.4, 0.5) is 5.13 Å². The molecular formula is C20H21BrN2O2S. The largest absolute Gasteiger partial charge is 0.483 e. The van der Waals surface area contributed by atoms with Gasteiger partial charge in [-0.1, -0.05) is 60.2 Å². The minimum absolute atomic E-state index is 0.0559. The van der Waals surface area contributed by atoms with E-state index < -0.39 is 0 Å². The van der Waals surface area contributed by atoms with Crippen LogP contribution in [0.25, 0.3) is 10.2 Å². The first-order valence-electron chi connectivity index (χ1n) is 8.33. The molecule has 136 valence electrons. The zero-order chi connectivity index (χ0) is 18.9. The van der Waals surface area contributed by atoms with Gasteiger partial charge in [0.25, 0.3) is 5.91 Å². The van der Waals surface area contributed by atoms with Gasteiger partial charge in [-0.05, 0) is 42.2 Å². The quantitative estimate of drug-likeness (QED) is 0.576. The molecule has 0 spiro atoms. The number of amides is 1. The molecule has 0 radical (unpaired) electrons. The van der Waals surface area contributed by atoms with Gasteiger partial charge < -0.3 is 4.74 Å². The molecule has 0 saturated heterocycles. The lowest BCUT2D eigenvalue weighted by Crippen LogP contribution is -2.21. The number of aryl methyl sites for hydroxylation is 1. The van der Waals surface area contributed by atoms with Crippen molar-refractivity contribution in [1.82, 2.24) is 4.98 Å². The molecule has 1 N–H and O–H groups in total. The number of nitrogens with one attached hydrogen (secondary N) is 1. The van der Waals surface area contributed by atoms with E-state index in [0.29, 0.717) is 5.13 Å². The van der Waals surface area contributed by atoms with Crippen molar-refractivity contribution >= 4 is 48.5 Å². The Hall–Kier alpha value is -1.92. The summed E-state index contributed by atoms with van der Waals surface area (Å²) < 4.78 is 7.84. The number of ether oxygens (including phenoxy) is 1. The zero-order valence-corrected chi connectivity index (χ0v) is 17.6. The van der Waals surface area contributed by atoms with Crippen molar-refractivity contribution in [3.8, 4) is 5.75 Å². The minimum atomic E-state index is -0.218. The second kappa shape index (κ2) is 7.37. The van der Waals surface area contributed by atoms with Crippen molar-refractivity contribution in [2.24, 2.45) is 0 Å². The second-order valence-corrected chi connectivity index (χ2v) is 9.11. The van der Waals surface area contributed by atoms with Crippen LogP contribution in [-0.2, 0) is 10.2 Å². The van der Waals surface area contributed by atoms with Crippen molar-refractivity contribution in [2.45, 2.75) is 33.1 Å². The van der Waals surface area contributed by atoms with E-state index in [0.717, 1.165) is 31.6 Å². The van der Waals surface area contributed by atoms with Gasteiger partial charge in [0.1, 0.15) is 5.75 Å². The third-order valence-corrected chi connectivity index (χ3v) is 5.40. The average Bonchev–Trinajstić information content (AvgIpc) is 2.96. The highest BCUT2D eigenvalue weighted by Crippen LogP contribution is 2.33. The highest BCUT2D eigenvalue weighted by Gasteiger charge is 2.20. The zero-order valence-electron chi connectivity index (χ0n) is 15.2. The van der Waals surface area contributed by atoms with Gasteiger partial charge in [0.15, 0.2) is 11.7 Å². The van der Waals surface area contributed by atoms with E-state index in [-0.39, 0.29) is 17.9 Å². The summed E-state index contributed by atoms with van der Waals surface area (Å²) in [5.41, 5.74) is 2.99.